The van der Waals surface area contributed by atoms with Gasteiger partial charge in [-0.25, -0.2) is 14.4 Å². The Hall–Kier alpha value is -3.69. The SMILES string of the molecule is O=c1[nH]c(SCCN2CCC(Nc3nc4ccccc4n3Cc3ccc(F)cc3)CC2)nc2ccccc12. The van der Waals surface area contributed by atoms with E-state index in [4.69, 9.17) is 4.98 Å². The highest BCUT2D eigenvalue weighted by Gasteiger charge is 2.21. The molecule has 1 aliphatic heterocycles. The van der Waals surface area contributed by atoms with Crippen LogP contribution in [0.2, 0.25) is 0 Å². The predicted molar refractivity (Wildman–Crippen MR) is 151 cm³/mol. The maximum atomic E-state index is 13.4. The largest absolute Gasteiger partial charge is 0.353 e. The van der Waals surface area contributed by atoms with Crippen LogP contribution >= 0.6 is 11.8 Å². The molecule has 0 radical (unpaired) electrons. The number of aromatic nitrogens is 4. The van der Waals surface area contributed by atoms with Gasteiger partial charge in [-0.15, -0.1) is 0 Å². The van der Waals surface area contributed by atoms with Gasteiger partial charge in [0.25, 0.3) is 5.56 Å². The summed E-state index contributed by atoms with van der Waals surface area (Å²) in [4.78, 5) is 27.1. The van der Waals surface area contributed by atoms with E-state index in [1.165, 1.54) is 12.1 Å². The van der Waals surface area contributed by atoms with Gasteiger partial charge in [0.15, 0.2) is 5.16 Å². The minimum Gasteiger partial charge on any atom is -0.353 e. The molecule has 0 bridgehead atoms. The molecule has 38 heavy (non-hydrogen) atoms. The van der Waals surface area contributed by atoms with Crippen molar-refractivity contribution in [3.8, 4) is 0 Å². The van der Waals surface area contributed by atoms with E-state index < -0.39 is 0 Å². The first-order valence-electron chi connectivity index (χ1n) is 12.9. The van der Waals surface area contributed by atoms with Crippen molar-refractivity contribution < 1.29 is 4.39 Å². The Morgan fingerprint density at radius 1 is 0.947 bits per heavy atom. The van der Waals surface area contributed by atoms with Crippen molar-refractivity contribution in [2.24, 2.45) is 0 Å². The number of aromatic amines is 1. The summed E-state index contributed by atoms with van der Waals surface area (Å²) in [5, 5.41) is 4.99. The molecule has 0 aliphatic carbocycles. The molecule has 9 heteroatoms. The van der Waals surface area contributed by atoms with Crippen LogP contribution in [0.4, 0.5) is 10.3 Å². The molecule has 1 fully saturated rings. The molecule has 3 heterocycles. The molecule has 194 valence electrons. The van der Waals surface area contributed by atoms with Crippen LogP contribution in [-0.2, 0) is 6.54 Å². The monoisotopic (exact) mass is 528 g/mol. The number of halogens is 1. The highest BCUT2D eigenvalue weighted by Crippen LogP contribution is 2.24. The van der Waals surface area contributed by atoms with Gasteiger partial charge in [0, 0.05) is 31.4 Å². The van der Waals surface area contributed by atoms with Gasteiger partial charge in [0.05, 0.1) is 28.5 Å². The minimum absolute atomic E-state index is 0.0876. The number of imidazole rings is 1. The fourth-order valence-corrected chi connectivity index (χ4v) is 5.88. The van der Waals surface area contributed by atoms with E-state index >= 15 is 0 Å². The smallest absolute Gasteiger partial charge is 0.259 e. The van der Waals surface area contributed by atoms with E-state index in [-0.39, 0.29) is 11.4 Å². The van der Waals surface area contributed by atoms with Crippen LogP contribution in [-0.4, -0.2) is 55.8 Å². The molecular formula is C29H29FN6OS. The van der Waals surface area contributed by atoms with Crippen molar-refractivity contribution >= 4 is 39.6 Å². The Balaban J connectivity index is 1.06. The molecule has 6 rings (SSSR count). The lowest BCUT2D eigenvalue weighted by molar-refractivity contribution is 0.231. The third-order valence-corrected chi connectivity index (χ3v) is 7.92. The van der Waals surface area contributed by atoms with Crippen LogP contribution < -0.4 is 10.9 Å². The van der Waals surface area contributed by atoms with Gasteiger partial charge in [0.1, 0.15) is 5.82 Å². The van der Waals surface area contributed by atoms with Crippen molar-refractivity contribution in [2.75, 3.05) is 30.7 Å². The van der Waals surface area contributed by atoms with Crippen molar-refractivity contribution in [3.05, 3.63) is 94.5 Å². The number of nitrogens with one attached hydrogen (secondary N) is 2. The summed E-state index contributed by atoms with van der Waals surface area (Å²) in [6.07, 6.45) is 2.05. The van der Waals surface area contributed by atoms with Crippen molar-refractivity contribution in [1.29, 1.82) is 0 Å². The van der Waals surface area contributed by atoms with Crippen LogP contribution in [0, 0.1) is 5.82 Å². The number of likely N-dealkylation sites (tertiary alicyclic amines) is 1. The Bertz CT molecular complexity index is 1610. The summed E-state index contributed by atoms with van der Waals surface area (Å²) in [7, 11) is 0. The summed E-state index contributed by atoms with van der Waals surface area (Å²) in [6, 6.07) is 22.6. The number of hydrogen-bond donors (Lipinski definition) is 2. The van der Waals surface area contributed by atoms with Gasteiger partial charge in [-0.3, -0.25) is 4.79 Å². The van der Waals surface area contributed by atoms with Gasteiger partial charge < -0.3 is 19.8 Å². The molecule has 2 N–H and O–H groups in total. The highest BCUT2D eigenvalue weighted by molar-refractivity contribution is 7.99. The van der Waals surface area contributed by atoms with Gasteiger partial charge in [-0.05, 0) is 54.8 Å². The molecule has 0 amide bonds. The third-order valence-electron chi connectivity index (χ3n) is 7.07. The Kier molecular flexibility index (Phi) is 7.11. The number of anilines is 1. The van der Waals surface area contributed by atoms with Crippen LogP contribution in [0.3, 0.4) is 0 Å². The lowest BCUT2D eigenvalue weighted by atomic mass is 10.1. The molecule has 3 aromatic carbocycles. The number of piperidine rings is 1. The maximum absolute atomic E-state index is 13.4. The number of thioether (sulfide) groups is 1. The molecule has 2 aromatic heterocycles. The first-order chi connectivity index (χ1) is 18.6. The molecular weight excluding hydrogens is 499 g/mol. The number of hydrogen-bond acceptors (Lipinski definition) is 6. The Morgan fingerprint density at radius 3 is 2.50 bits per heavy atom. The summed E-state index contributed by atoms with van der Waals surface area (Å²) in [5.41, 5.74) is 3.69. The number of benzene rings is 3. The molecule has 1 aliphatic rings. The molecule has 7 nitrogen and oxygen atoms in total. The number of fused-ring (bicyclic) bond motifs is 2. The first kappa shape index (κ1) is 24.6. The van der Waals surface area contributed by atoms with Crippen LogP contribution in [0.1, 0.15) is 18.4 Å². The minimum atomic E-state index is -0.227. The second-order valence-electron chi connectivity index (χ2n) is 9.63. The van der Waals surface area contributed by atoms with Gasteiger partial charge in [0.2, 0.25) is 5.95 Å². The van der Waals surface area contributed by atoms with E-state index in [1.54, 1.807) is 17.8 Å². The van der Waals surface area contributed by atoms with Crippen LogP contribution in [0.15, 0.2) is 82.7 Å². The summed E-state index contributed by atoms with van der Waals surface area (Å²) >= 11 is 1.59. The quantitative estimate of drug-likeness (QED) is 0.215. The normalized spacial score (nSPS) is 14.9. The lowest BCUT2D eigenvalue weighted by Gasteiger charge is -2.32. The Labute approximate surface area is 224 Å². The Morgan fingerprint density at radius 2 is 1.68 bits per heavy atom. The van der Waals surface area contributed by atoms with Crippen molar-refractivity contribution in [1.82, 2.24) is 24.4 Å². The average molecular weight is 529 g/mol. The van der Waals surface area contributed by atoms with E-state index in [9.17, 15) is 9.18 Å². The van der Waals surface area contributed by atoms with E-state index in [1.807, 2.05) is 48.5 Å². The lowest BCUT2D eigenvalue weighted by Crippen LogP contribution is -2.40. The number of para-hydroxylation sites is 3. The van der Waals surface area contributed by atoms with Gasteiger partial charge in [-0.2, -0.15) is 0 Å². The second kappa shape index (κ2) is 11.0. The van der Waals surface area contributed by atoms with Crippen molar-refractivity contribution in [2.45, 2.75) is 30.6 Å². The topological polar surface area (TPSA) is 78.8 Å². The third kappa shape index (κ3) is 5.44. The molecule has 5 aromatic rings. The summed E-state index contributed by atoms with van der Waals surface area (Å²) in [5.74, 6) is 1.50. The van der Waals surface area contributed by atoms with Crippen LogP contribution in [0.5, 0.6) is 0 Å². The molecule has 1 saturated heterocycles. The fourth-order valence-electron chi connectivity index (χ4n) is 5.01. The van der Waals surface area contributed by atoms with Gasteiger partial charge >= 0.3 is 0 Å². The zero-order chi connectivity index (χ0) is 25.9. The van der Waals surface area contributed by atoms with E-state index in [0.29, 0.717) is 23.1 Å². The summed E-state index contributed by atoms with van der Waals surface area (Å²) < 4.78 is 15.6. The standard InChI is InChI=1S/C29H29FN6OS/c30-21-11-9-20(10-12-21)19-36-26-8-4-3-7-25(26)32-28(36)31-22-13-15-35(16-14-22)17-18-38-29-33-24-6-2-1-5-23(24)27(37)34-29/h1-12,22H,13-19H2,(H,31,32)(H,33,34,37). The molecule has 0 unspecified atom stereocenters. The van der Waals surface area contributed by atoms with Crippen molar-refractivity contribution in [3.63, 3.8) is 0 Å². The number of nitrogens with zero attached hydrogens (tertiary/aromatic N) is 4. The zero-order valence-electron chi connectivity index (χ0n) is 20.9. The number of rotatable bonds is 8. The van der Waals surface area contributed by atoms with Crippen LogP contribution in [0.25, 0.3) is 21.9 Å². The molecule has 0 saturated carbocycles. The summed E-state index contributed by atoms with van der Waals surface area (Å²) in [6.45, 7) is 3.57. The van der Waals surface area contributed by atoms with Gasteiger partial charge in [-0.1, -0.05) is 48.2 Å². The molecule has 0 spiro atoms. The molecule has 0 atom stereocenters. The number of H-pyrrole nitrogens is 1. The van der Waals surface area contributed by atoms with E-state index in [0.717, 1.165) is 66.3 Å². The predicted octanol–water partition coefficient (Wildman–Crippen LogP) is 5.13. The highest BCUT2D eigenvalue weighted by atomic mass is 32.2. The van der Waals surface area contributed by atoms with E-state index in [2.05, 4.69) is 30.8 Å². The fraction of sp³-hybridized carbons (Fsp3) is 0.276. The average Bonchev–Trinajstić information content (AvgIpc) is 3.27. The maximum Gasteiger partial charge on any atom is 0.259 e. The second-order valence-corrected chi connectivity index (χ2v) is 10.7. The zero-order valence-corrected chi connectivity index (χ0v) is 21.8. The first-order valence-corrected chi connectivity index (χ1v) is 13.9.